The quantitative estimate of drug-likeness (QED) is 0.499. The molecule has 1 aliphatic rings. The smallest absolute Gasteiger partial charge is 0.161 e. The summed E-state index contributed by atoms with van der Waals surface area (Å²) in [6, 6.07) is 8.21. The van der Waals surface area contributed by atoms with Crippen LogP contribution < -0.4 is 15.5 Å². The first kappa shape index (κ1) is 20.1. The summed E-state index contributed by atoms with van der Waals surface area (Å²) < 4.78 is 17.9. The van der Waals surface area contributed by atoms with Crippen LogP contribution in [-0.4, -0.2) is 44.7 Å². The molecule has 5 rings (SSSR count). The van der Waals surface area contributed by atoms with E-state index in [0.717, 1.165) is 35.1 Å². The van der Waals surface area contributed by atoms with E-state index in [2.05, 4.69) is 45.6 Å². The predicted octanol–water partition coefficient (Wildman–Crippen LogP) is 4.18. The van der Waals surface area contributed by atoms with Gasteiger partial charge in [-0.3, -0.25) is 9.36 Å². The van der Waals surface area contributed by atoms with Crippen molar-refractivity contribution in [1.29, 1.82) is 0 Å². The van der Waals surface area contributed by atoms with Gasteiger partial charge in [0.1, 0.15) is 5.52 Å². The first-order chi connectivity index (χ1) is 14.8. The van der Waals surface area contributed by atoms with Gasteiger partial charge in [0.05, 0.1) is 15.9 Å². The van der Waals surface area contributed by atoms with Gasteiger partial charge in [-0.1, -0.05) is 11.6 Å². The number of rotatable bonds is 3. The average Bonchev–Trinajstić information content (AvgIpc) is 3.21. The lowest BCUT2D eigenvalue weighted by molar-refractivity contribution is 0.407. The van der Waals surface area contributed by atoms with Crippen LogP contribution in [0, 0.1) is 5.82 Å². The van der Waals surface area contributed by atoms with Gasteiger partial charge in [0.25, 0.3) is 0 Å². The number of piperazine rings is 1. The zero-order chi connectivity index (χ0) is 21.9. The fraction of sp³-hybridized carbons (Fsp3) is 0.364. The monoisotopic (exact) mass is 441 g/mol. The second-order valence-corrected chi connectivity index (χ2v) is 8.90. The van der Waals surface area contributed by atoms with Gasteiger partial charge in [0.15, 0.2) is 11.6 Å². The lowest BCUT2D eigenvalue weighted by atomic mass is 10.1. The molecule has 2 aromatic heterocycles. The summed E-state index contributed by atoms with van der Waals surface area (Å²) in [4.78, 5) is 2.35. The van der Waals surface area contributed by atoms with E-state index >= 15 is 0 Å². The molecule has 1 saturated heterocycles. The van der Waals surface area contributed by atoms with Crippen LogP contribution in [0.25, 0.3) is 21.8 Å². The summed E-state index contributed by atoms with van der Waals surface area (Å²) in [6.07, 6.45) is 1.79. The molecule has 9 heteroatoms. The molecular weight excluding hydrogens is 417 g/mol. The molecule has 162 valence electrons. The first-order valence-electron chi connectivity index (χ1n) is 10.4. The second-order valence-electron chi connectivity index (χ2n) is 8.49. The Morgan fingerprint density at radius 3 is 2.58 bits per heavy atom. The number of halogens is 2. The minimum absolute atomic E-state index is 0.348. The Bertz CT molecular complexity index is 1280. The second kappa shape index (κ2) is 7.39. The predicted molar refractivity (Wildman–Crippen MR) is 124 cm³/mol. The molecule has 31 heavy (non-hydrogen) atoms. The number of nitrogens with zero attached hydrogens (tertiary/aromatic N) is 5. The summed E-state index contributed by atoms with van der Waals surface area (Å²) >= 11 is 6.75. The number of hydrogen-bond acceptors (Lipinski definition) is 5. The van der Waals surface area contributed by atoms with Crippen LogP contribution in [0.2, 0.25) is 5.02 Å². The van der Waals surface area contributed by atoms with Crippen LogP contribution in [0.4, 0.5) is 21.6 Å². The molecule has 4 aromatic rings. The third-order valence-electron chi connectivity index (χ3n) is 5.75. The van der Waals surface area contributed by atoms with Crippen LogP contribution in [0.3, 0.4) is 0 Å². The van der Waals surface area contributed by atoms with Gasteiger partial charge >= 0.3 is 0 Å². The van der Waals surface area contributed by atoms with Crippen molar-refractivity contribution >= 4 is 50.6 Å². The van der Waals surface area contributed by atoms with Crippen LogP contribution in [0.1, 0.15) is 13.8 Å². The highest BCUT2D eigenvalue weighted by Gasteiger charge is 2.23. The highest BCUT2D eigenvalue weighted by Crippen LogP contribution is 2.36. The Morgan fingerprint density at radius 2 is 1.84 bits per heavy atom. The zero-order valence-electron chi connectivity index (χ0n) is 17.9. The molecule has 2 unspecified atom stereocenters. The maximum Gasteiger partial charge on any atom is 0.161 e. The standard InChI is InChI=1S/C22H25ClFN7/c1-12-9-31(10-13(2)25-12)16-7-17(23)20-19(8-16)30(4)28-22(20)26-15-5-14-11-29(3)27-21(14)18(24)6-15/h5-8,11-13,25H,9-10H2,1-4H3,(H,26,28). The van der Waals surface area contributed by atoms with E-state index in [4.69, 9.17) is 11.6 Å². The average molecular weight is 442 g/mol. The van der Waals surface area contributed by atoms with Crippen LogP contribution >= 0.6 is 11.6 Å². The maximum atomic E-state index is 14.5. The Hall–Kier alpha value is -2.84. The molecule has 0 spiro atoms. The Morgan fingerprint density at radius 1 is 1.10 bits per heavy atom. The number of hydrogen-bond donors (Lipinski definition) is 2. The van der Waals surface area contributed by atoms with E-state index in [1.807, 2.05) is 19.2 Å². The van der Waals surface area contributed by atoms with Gasteiger partial charge in [-0.05, 0) is 38.1 Å². The van der Waals surface area contributed by atoms with Crippen molar-refractivity contribution in [3.05, 3.63) is 41.3 Å². The lowest BCUT2D eigenvalue weighted by Gasteiger charge is -2.37. The normalized spacial score (nSPS) is 19.5. The number of aryl methyl sites for hydroxylation is 2. The Balaban J connectivity index is 1.53. The number of aromatic nitrogens is 4. The van der Waals surface area contributed by atoms with Gasteiger partial charge < -0.3 is 15.5 Å². The van der Waals surface area contributed by atoms with Crippen molar-refractivity contribution in [3.8, 4) is 0 Å². The van der Waals surface area contributed by atoms with Gasteiger partial charge in [-0.2, -0.15) is 10.2 Å². The minimum atomic E-state index is -0.379. The number of nitrogens with one attached hydrogen (secondary N) is 2. The fourth-order valence-corrected chi connectivity index (χ4v) is 4.85. The summed E-state index contributed by atoms with van der Waals surface area (Å²) in [5, 5.41) is 17.7. The highest BCUT2D eigenvalue weighted by molar-refractivity contribution is 6.37. The summed E-state index contributed by atoms with van der Waals surface area (Å²) in [5.74, 6) is 0.218. The van der Waals surface area contributed by atoms with E-state index in [-0.39, 0.29) is 5.82 Å². The van der Waals surface area contributed by atoms with E-state index in [0.29, 0.717) is 34.1 Å². The lowest BCUT2D eigenvalue weighted by Crippen LogP contribution is -2.54. The van der Waals surface area contributed by atoms with E-state index in [1.54, 1.807) is 22.6 Å². The van der Waals surface area contributed by atoms with Crippen molar-refractivity contribution in [3.63, 3.8) is 0 Å². The van der Waals surface area contributed by atoms with Crippen molar-refractivity contribution in [2.24, 2.45) is 14.1 Å². The molecule has 2 atom stereocenters. The maximum absolute atomic E-state index is 14.5. The Kier molecular flexibility index (Phi) is 4.79. The molecule has 0 radical (unpaired) electrons. The van der Waals surface area contributed by atoms with Crippen LogP contribution in [0.15, 0.2) is 30.5 Å². The van der Waals surface area contributed by atoms with Gasteiger partial charge in [-0.15, -0.1) is 0 Å². The third-order valence-corrected chi connectivity index (χ3v) is 6.05. The molecule has 1 fully saturated rings. The van der Waals surface area contributed by atoms with Crippen molar-refractivity contribution in [2.75, 3.05) is 23.3 Å². The molecule has 3 heterocycles. The molecule has 2 N–H and O–H groups in total. The van der Waals surface area contributed by atoms with Crippen molar-refractivity contribution < 1.29 is 4.39 Å². The Labute approximate surface area is 184 Å². The number of benzene rings is 2. The molecule has 1 aliphatic heterocycles. The van der Waals surface area contributed by atoms with Crippen LogP contribution in [0.5, 0.6) is 0 Å². The van der Waals surface area contributed by atoms with E-state index in [9.17, 15) is 4.39 Å². The molecule has 0 amide bonds. The SMILES string of the molecule is CC1CN(c2cc(Cl)c3c(Nc4cc(F)c5nn(C)cc5c4)nn(C)c3c2)CC(C)N1. The number of anilines is 3. The third kappa shape index (κ3) is 3.59. The molecule has 2 aromatic carbocycles. The van der Waals surface area contributed by atoms with Crippen molar-refractivity contribution in [2.45, 2.75) is 25.9 Å². The molecule has 0 bridgehead atoms. The zero-order valence-corrected chi connectivity index (χ0v) is 18.7. The number of fused-ring (bicyclic) bond motifs is 2. The minimum Gasteiger partial charge on any atom is -0.368 e. The summed E-state index contributed by atoms with van der Waals surface area (Å²) in [5.41, 5.74) is 2.95. The van der Waals surface area contributed by atoms with Crippen LogP contribution in [-0.2, 0) is 14.1 Å². The van der Waals surface area contributed by atoms with Gasteiger partial charge in [0, 0.05) is 62.2 Å². The van der Waals surface area contributed by atoms with Gasteiger partial charge in [0.2, 0.25) is 0 Å². The largest absolute Gasteiger partial charge is 0.368 e. The molecular formula is C22H25ClFN7. The van der Waals surface area contributed by atoms with E-state index < -0.39 is 0 Å². The molecule has 7 nitrogen and oxygen atoms in total. The fourth-order valence-electron chi connectivity index (χ4n) is 4.55. The molecule has 0 saturated carbocycles. The summed E-state index contributed by atoms with van der Waals surface area (Å²) in [6.45, 7) is 6.21. The first-order valence-corrected chi connectivity index (χ1v) is 10.7. The van der Waals surface area contributed by atoms with Crippen molar-refractivity contribution in [1.82, 2.24) is 24.9 Å². The summed E-state index contributed by atoms with van der Waals surface area (Å²) in [7, 11) is 3.66. The van der Waals surface area contributed by atoms with E-state index in [1.165, 1.54) is 6.07 Å². The topological polar surface area (TPSA) is 62.9 Å². The molecule has 0 aliphatic carbocycles. The van der Waals surface area contributed by atoms with Gasteiger partial charge in [-0.25, -0.2) is 4.39 Å². The highest BCUT2D eigenvalue weighted by atomic mass is 35.5.